The molecule has 0 radical (unpaired) electrons. The molecule has 0 aromatic rings. The van der Waals surface area contributed by atoms with Crippen molar-refractivity contribution >= 4 is 5.91 Å². The van der Waals surface area contributed by atoms with E-state index in [1.54, 1.807) is 0 Å². The first-order valence-corrected chi connectivity index (χ1v) is 3.26. The van der Waals surface area contributed by atoms with Gasteiger partial charge in [0.15, 0.2) is 0 Å². The van der Waals surface area contributed by atoms with E-state index >= 15 is 0 Å². The van der Waals surface area contributed by atoms with Crippen LogP contribution >= 0.6 is 0 Å². The van der Waals surface area contributed by atoms with Crippen LogP contribution in [0.5, 0.6) is 0 Å². The molecule has 0 aromatic heterocycles. The summed E-state index contributed by atoms with van der Waals surface area (Å²) in [6.07, 6.45) is 0. The van der Waals surface area contributed by atoms with E-state index in [0.29, 0.717) is 6.67 Å². The molecule has 0 aromatic carbocycles. The van der Waals surface area contributed by atoms with Gasteiger partial charge in [-0.3, -0.25) is 9.69 Å². The number of likely N-dealkylation sites (N-methyl/N-ethyl adjacent to an activating group) is 1. The summed E-state index contributed by atoms with van der Waals surface area (Å²) in [4.78, 5) is 14.4. The van der Waals surface area contributed by atoms with E-state index in [-0.39, 0.29) is 18.7 Å². The largest absolute Gasteiger partial charge is 0.376 e. The van der Waals surface area contributed by atoms with Crippen LogP contribution in [0.15, 0.2) is 0 Å². The Morgan fingerprint density at radius 1 is 1.80 bits per heavy atom. The van der Waals surface area contributed by atoms with Crippen molar-refractivity contribution in [3.05, 3.63) is 0 Å². The molecule has 0 aliphatic carbocycles. The van der Waals surface area contributed by atoms with Gasteiger partial charge in [0.05, 0.1) is 12.7 Å². The monoisotopic (exact) mass is 144 g/mol. The maximum atomic E-state index is 11.1. The molecule has 1 heterocycles. The van der Waals surface area contributed by atoms with Crippen LogP contribution < -0.4 is 0 Å². The van der Waals surface area contributed by atoms with Crippen molar-refractivity contribution < 1.29 is 9.90 Å². The first-order valence-electron chi connectivity index (χ1n) is 3.26. The van der Waals surface area contributed by atoms with E-state index in [0.717, 1.165) is 0 Å². The Kier molecular flexibility index (Phi) is 1.92. The van der Waals surface area contributed by atoms with E-state index in [2.05, 4.69) is 0 Å². The number of carbonyl (C=O) groups is 1. The molecule has 1 unspecified atom stereocenters. The van der Waals surface area contributed by atoms with Crippen molar-refractivity contribution in [2.24, 2.45) is 0 Å². The van der Waals surface area contributed by atoms with E-state index in [4.69, 9.17) is 5.11 Å². The maximum absolute atomic E-state index is 11.1. The lowest BCUT2D eigenvalue weighted by molar-refractivity contribution is -0.131. The first-order chi connectivity index (χ1) is 4.66. The average Bonchev–Trinajstić information content (AvgIpc) is 2.17. The molecule has 1 fully saturated rings. The van der Waals surface area contributed by atoms with Gasteiger partial charge in [-0.25, -0.2) is 0 Å². The highest BCUT2D eigenvalue weighted by Crippen LogP contribution is 2.09. The number of hydrogen-bond donors (Lipinski definition) is 1. The molecule has 1 saturated heterocycles. The minimum absolute atomic E-state index is 0.00463. The number of aliphatic hydroxyl groups is 1. The normalized spacial score (nSPS) is 28.1. The van der Waals surface area contributed by atoms with Gasteiger partial charge < -0.3 is 10.0 Å². The van der Waals surface area contributed by atoms with Crippen LogP contribution in [0.4, 0.5) is 0 Å². The van der Waals surface area contributed by atoms with Gasteiger partial charge in [0.2, 0.25) is 5.91 Å². The van der Waals surface area contributed by atoms with E-state index in [9.17, 15) is 4.79 Å². The average molecular weight is 144 g/mol. The third-order valence-electron chi connectivity index (χ3n) is 1.89. The van der Waals surface area contributed by atoms with Gasteiger partial charge in [-0.15, -0.1) is 0 Å². The predicted octanol–water partition coefficient (Wildman–Crippen LogP) is -0.944. The smallest absolute Gasteiger partial charge is 0.242 e. The van der Waals surface area contributed by atoms with Crippen molar-refractivity contribution in [2.75, 3.05) is 20.4 Å². The Morgan fingerprint density at radius 2 is 2.40 bits per heavy atom. The minimum Gasteiger partial charge on any atom is -0.376 e. The van der Waals surface area contributed by atoms with Crippen molar-refractivity contribution in [3.63, 3.8) is 0 Å². The summed E-state index contributed by atoms with van der Waals surface area (Å²) in [6, 6.07) is -0.0767. The first kappa shape index (κ1) is 7.50. The summed E-state index contributed by atoms with van der Waals surface area (Å²) in [5.74, 6) is 0.00463. The number of aliphatic hydroxyl groups excluding tert-OH is 1. The molecule has 0 saturated carbocycles. The molecule has 58 valence electrons. The van der Waals surface area contributed by atoms with Crippen LogP contribution in [0.2, 0.25) is 0 Å². The van der Waals surface area contributed by atoms with Gasteiger partial charge in [-0.05, 0) is 14.0 Å². The SMILES string of the molecule is CC1C(=O)N(CO)CN1C. The van der Waals surface area contributed by atoms with Crippen LogP contribution in [0.3, 0.4) is 0 Å². The van der Waals surface area contributed by atoms with Gasteiger partial charge in [0.25, 0.3) is 0 Å². The summed E-state index contributed by atoms with van der Waals surface area (Å²) in [5.41, 5.74) is 0. The fraction of sp³-hybridized carbons (Fsp3) is 0.833. The fourth-order valence-electron chi connectivity index (χ4n) is 1.03. The van der Waals surface area contributed by atoms with E-state index < -0.39 is 0 Å². The number of nitrogens with zero attached hydrogens (tertiary/aromatic N) is 2. The molecule has 4 heteroatoms. The highest BCUT2D eigenvalue weighted by atomic mass is 16.3. The summed E-state index contributed by atoms with van der Waals surface area (Å²) < 4.78 is 0. The zero-order valence-electron chi connectivity index (χ0n) is 6.24. The lowest BCUT2D eigenvalue weighted by atomic mass is 10.3. The zero-order valence-corrected chi connectivity index (χ0v) is 6.24. The van der Waals surface area contributed by atoms with Gasteiger partial charge in [-0.1, -0.05) is 0 Å². The topological polar surface area (TPSA) is 43.8 Å². The molecule has 0 spiro atoms. The lowest BCUT2D eigenvalue weighted by Crippen LogP contribution is -2.29. The number of hydrogen-bond acceptors (Lipinski definition) is 3. The molecule has 0 bridgehead atoms. The molecule has 1 aliphatic heterocycles. The van der Waals surface area contributed by atoms with E-state index in [1.807, 2.05) is 18.9 Å². The highest BCUT2D eigenvalue weighted by Gasteiger charge is 2.31. The third kappa shape index (κ3) is 0.998. The van der Waals surface area contributed by atoms with E-state index in [1.165, 1.54) is 4.90 Å². The van der Waals surface area contributed by atoms with Crippen molar-refractivity contribution in [2.45, 2.75) is 13.0 Å². The van der Waals surface area contributed by atoms with Gasteiger partial charge >= 0.3 is 0 Å². The summed E-state index contributed by atoms with van der Waals surface area (Å²) in [6.45, 7) is 2.20. The van der Waals surface area contributed by atoms with Crippen molar-refractivity contribution in [3.8, 4) is 0 Å². The molecule has 10 heavy (non-hydrogen) atoms. The molecule has 1 atom stereocenters. The van der Waals surface area contributed by atoms with Crippen molar-refractivity contribution in [1.82, 2.24) is 9.80 Å². The predicted molar refractivity (Wildman–Crippen MR) is 36.0 cm³/mol. The summed E-state index contributed by atoms with van der Waals surface area (Å²) in [7, 11) is 1.86. The lowest BCUT2D eigenvalue weighted by Gasteiger charge is -2.10. The van der Waals surface area contributed by atoms with Gasteiger partial charge in [0, 0.05) is 0 Å². The minimum atomic E-state index is -0.173. The second-order valence-electron chi connectivity index (χ2n) is 2.59. The second-order valence-corrected chi connectivity index (χ2v) is 2.59. The quantitative estimate of drug-likeness (QED) is 0.516. The molecular formula is C6H12N2O2. The Bertz CT molecular complexity index is 149. The Labute approximate surface area is 60.0 Å². The standard InChI is InChI=1S/C6H12N2O2/c1-5-6(10)8(4-9)3-7(5)2/h5,9H,3-4H2,1-2H3. The van der Waals surface area contributed by atoms with Crippen LogP contribution in [-0.4, -0.2) is 47.3 Å². The zero-order chi connectivity index (χ0) is 7.72. The number of amides is 1. The number of carbonyl (C=O) groups excluding carboxylic acids is 1. The van der Waals surface area contributed by atoms with Crippen molar-refractivity contribution in [1.29, 1.82) is 0 Å². The maximum Gasteiger partial charge on any atom is 0.242 e. The van der Waals surface area contributed by atoms with Crippen LogP contribution in [-0.2, 0) is 4.79 Å². The molecule has 4 nitrogen and oxygen atoms in total. The number of rotatable bonds is 1. The third-order valence-corrected chi connectivity index (χ3v) is 1.89. The Morgan fingerprint density at radius 3 is 2.60 bits per heavy atom. The van der Waals surface area contributed by atoms with Gasteiger partial charge in [-0.2, -0.15) is 0 Å². The molecule has 1 rings (SSSR count). The second kappa shape index (κ2) is 2.56. The molecule has 1 N–H and O–H groups in total. The molecular weight excluding hydrogens is 132 g/mol. The highest BCUT2D eigenvalue weighted by molar-refractivity contribution is 5.83. The summed E-state index contributed by atoms with van der Waals surface area (Å²) in [5, 5.41) is 8.65. The van der Waals surface area contributed by atoms with Gasteiger partial charge in [0.1, 0.15) is 6.73 Å². The Hall–Kier alpha value is -0.610. The van der Waals surface area contributed by atoms with Crippen LogP contribution in [0.1, 0.15) is 6.92 Å². The van der Waals surface area contributed by atoms with Crippen LogP contribution in [0, 0.1) is 0 Å². The molecule has 1 amide bonds. The van der Waals surface area contributed by atoms with Crippen LogP contribution in [0.25, 0.3) is 0 Å². The molecule has 1 aliphatic rings. The Balaban J connectivity index is 2.62. The fourth-order valence-corrected chi connectivity index (χ4v) is 1.03. The summed E-state index contributed by atoms with van der Waals surface area (Å²) >= 11 is 0.